The van der Waals surface area contributed by atoms with Gasteiger partial charge in [-0.25, -0.2) is 8.42 Å². The van der Waals surface area contributed by atoms with E-state index in [2.05, 4.69) is 10.6 Å². The number of sulfone groups is 1. The van der Waals surface area contributed by atoms with Gasteiger partial charge in [0.2, 0.25) is 5.91 Å². The van der Waals surface area contributed by atoms with Crippen molar-refractivity contribution in [3.63, 3.8) is 0 Å². The van der Waals surface area contributed by atoms with E-state index in [9.17, 15) is 26.4 Å². The van der Waals surface area contributed by atoms with Crippen LogP contribution >= 0.6 is 0 Å². The Balaban J connectivity index is 1.92. The maximum absolute atomic E-state index is 12.9. The van der Waals surface area contributed by atoms with E-state index in [-0.39, 0.29) is 35.7 Å². The van der Waals surface area contributed by atoms with Gasteiger partial charge in [-0.2, -0.15) is 13.2 Å². The summed E-state index contributed by atoms with van der Waals surface area (Å²) in [6.07, 6.45) is -4.13. The molecular weight excluding hydrogens is 345 g/mol. The van der Waals surface area contributed by atoms with Crippen LogP contribution in [0.25, 0.3) is 0 Å². The molecule has 2 N–H and O–H groups in total. The van der Waals surface area contributed by atoms with Crippen LogP contribution in [-0.2, 0) is 20.8 Å². The number of anilines is 1. The molecule has 1 aromatic carbocycles. The fourth-order valence-electron chi connectivity index (χ4n) is 2.71. The van der Waals surface area contributed by atoms with Crippen LogP contribution in [-0.4, -0.2) is 37.9 Å². The number of hydrogen-bond acceptors (Lipinski definition) is 4. The molecule has 0 spiro atoms. The summed E-state index contributed by atoms with van der Waals surface area (Å²) in [5.74, 6) is -0.425. The highest BCUT2D eigenvalue weighted by atomic mass is 32.2. The summed E-state index contributed by atoms with van der Waals surface area (Å²) in [5, 5.41) is 5.31. The first-order valence-corrected chi connectivity index (χ1v) is 9.31. The van der Waals surface area contributed by atoms with Crippen LogP contribution in [0.15, 0.2) is 24.3 Å². The van der Waals surface area contributed by atoms with Crippen LogP contribution in [0.2, 0.25) is 0 Å². The molecule has 1 saturated heterocycles. The zero-order chi connectivity index (χ0) is 18.0. The highest BCUT2D eigenvalue weighted by Gasteiger charge is 2.34. The summed E-state index contributed by atoms with van der Waals surface area (Å²) in [4.78, 5) is 12.0. The Bertz CT molecular complexity index is 704. The highest BCUT2D eigenvalue weighted by molar-refractivity contribution is 7.91. The first-order chi connectivity index (χ1) is 11.1. The normalized spacial score (nSPS) is 21.4. The van der Waals surface area contributed by atoms with Crippen molar-refractivity contribution in [2.45, 2.75) is 38.0 Å². The van der Waals surface area contributed by atoms with Gasteiger partial charge < -0.3 is 10.6 Å². The molecule has 1 amide bonds. The Morgan fingerprint density at radius 1 is 1.33 bits per heavy atom. The van der Waals surface area contributed by atoms with Crippen LogP contribution in [0.3, 0.4) is 0 Å². The number of alkyl halides is 3. The number of amides is 1. The van der Waals surface area contributed by atoms with Gasteiger partial charge in [-0.1, -0.05) is 12.1 Å². The zero-order valence-electron chi connectivity index (χ0n) is 13.1. The fraction of sp³-hybridized carbons (Fsp3) is 0.533. The Labute approximate surface area is 138 Å². The zero-order valence-corrected chi connectivity index (χ0v) is 13.9. The van der Waals surface area contributed by atoms with Crippen molar-refractivity contribution < 1.29 is 26.4 Å². The minimum absolute atomic E-state index is 0.0237. The number of benzene rings is 1. The molecule has 2 unspecified atom stereocenters. The predicted octanol–water partition coefficient (Wildman–Crippen LogP) is 2.20. The molecule has 1 fully saturated rings. The molecule has 134 valence electrons. The van der Waals surface area contributed by atoms with Gasteiger partial charge in [-0.05, 0) is 25.5 Å². The van der Waals surface area contributed by atoms with Gasteiger partial charge in [-0.3, -0.25) is 4.79 Å². The number of halogens is 3. The molecule has 0 radical (unpaired) electrons. The monoisotopic (exact) mass is 364 g/mol. The summed E-state index contributed by atoms with van der Waals surface area (Å²) >= 11 is 0. The molecule has 2 rings (SSSR count). The van der Waals surface area contributed by atoms with Crippen LogP contribution in [0.5, 0.6) is 0 Å². The van der Waals surface area contributed by atoms with E-state index < -0.39 is 27.5 Å². The molecule has 1 aromatic rings. The molecule has 1 aliphatic rings. The summed E-state index contributed by atoms with van der Waals surface area (Å²) in [6, 6.07) is 4.20. The molecule has 2 atom stereocenters. The van der Waals surface area contributed by atoms with Crippen molar-refractivity contribution >= 4 is 21.4 Å². The quantitative estimate of drug-likeness (QED) is 0.840. The number of carbonyl (C=O) groups is 1. The van der Waals surface area contributed by atoms with Crippen LogP contribution in [0.1, 0.15) is 25.3 Å². The Hall–Kier alpha value is -1.61. The van der Waals surface area contributed by atoms with Gasteiger partial charge in [0, 0.05) is 18.5 Å². The van der Waals surface area contributed by atoms with Gasteiger partial charge in [0.1, 0.15) is 0 Å². The molecule has 9 heteroatoms. The van der Waals surface area contributed by atoms with Gasteiger partial charge in [0.05, 0.1) is 22.8 Å². The summed E-state index contributed by atoms with van der Waals surface area (Å²) < 4.78 is 61.4. The van der Waals surface area contributed by atoms with E-state index >= 15 is 0 Å². The van der Waals surface area contributed by atoms with Crippen molar-refractivity contribution in [3.8, 4) is 0 Å². The lowest BCUT2D eigenvalue weighted by atomic mass is 10.1. The Morgan fingerprint density at radius 2 is 2.00 bits per heavy atom. The number of para-hydroxylation sites is 1. The van der Waals surface area contributed by atoms with E-state index in [0.29, 0.717) is 6.42 Å². The topological polar surface area (TPSA) is 75.3 Å². The Morgan fingerprint density at radius 3 is 2.58 bits per heavy atom. The molecule has 1 aliphatic heterocycles. The molecule has 1 heterocycles. The lowest BCUT2D eigenvalue weighted by Gasteiger charge is -2.19. The van der Waals surface area contributed by atoms with Crippen molar-refractivity contribution in [1.29, 1.82) is 0 Å². The number of carbonyl (C=O) groups excluding carboxylic acids is 1. The van der Waals surface area contributed by atoms with Gasteiger partial charge >= 0.3 is 6.18 Å². The second-order valence-electron chi connectivity index (χ2n) is 5.96. The van der Waals surface area contributed by atoms with Crippen molar-refractivity contribution in [2.24, 2.45) is 0 Å². The number of nitrogens with one attached hydrogen (secondary N) is 2. The maximum atomic E-state index is 12.9. The first kappa shape index (κ1) is 18.7. The first-order valence-electron chi connectivity index (χ1n) is 7.49. The maximum Gasteiger partial charge on any atom is 0.418 e. The van der Waals surface area contributed by atoms with Crippen molar-refractivity contribution in [1.82, 2.24) is 5.32 Å². The fourth-order valence-corrected chi connectivity index (χ4v) is 4.39. The SMILES string of the molecule is CC(CC(=O)Nc1ccccc1C(F)(F)F)NC1CCS(=O)(=O)C1. The molecular formula is C15H19F3N2O3S. The summed E-state index contributed by atoms with van der Waals surface area (Å²) in [5.41, 5.74) is -1.19. The molecule has 0 aliphatic carbocycles. The molecule has 0 saturated carbocycles. The average Bonchev–Trinajstić information content (AvgIpc) is 2.76. The van der Waals surface area contributed by atoms with Gasteiger partial charge in [0.15, 0.2) is 9.84 Å². The summed E-state index contributed by atoms with van der Waals surface area (Å²) in [7, 11) is -3.03. The average molecular weight is 364 g/mol. The minimum Gasteiger partial charge on any atom is -0.325 e. The van der Waals surface area contributed by atoms with Crippen molar-refractivity contribution in [2.75, 3.05) is 16.8 Å². The van der Waals surface area contributed by atoms with Crippen LogP contribution in [0, 0.1) is 0 Å². The number of hydrogen-bond donors (Lipinski definition) is 2. The second kappa shape index (κ2) is 7.10. The molecule has 0 aromatic heterocycles. The van der Waals surface area contributed by atoms with E-state index in [1.807, 2.05) is 0 Å². The lowest BCUT2D eigenvalue weighted by Crippen LogP contribution is -2.39. The third-order valence-corrected chi connectivity index (χ3v) is 5.52. The Kier molecular flexibility index (Phi) is 5.54. The van der Waals surface area contributed by atoms with Crippen LogP contribution in [0.4, 0.5) is 18.9 Å². The predicted molar refractivity (Wildman–Crippen MR) is 84.3 cm³/mol. The largest absolute Gasteiger partial charge is 0.418 e. The molecule has 0 bridgehead atoms. The highest BCUT2D eigenvalue weighted by Crippen LogP contribution is 2.34. The van der Waals surface area contributed by atoms with E-state index in [1.165, 1.54) is 18.2 Å². The third-order valence-electron chi connectivity index (χ3n) is 3.75. The number of rotatable bonds is 5. The molecule has 24 heavy (non-hydrogen) atoms. The minimum atomic E-state index is -4.55. The lowest BCUT2D eigenvalue weighted by molar-refractivity contribution is -0.137. The third kappa shape index (κ3) is 5.20. The van der Waals surface area contributed by atoms with E-state index in [0.717, 1.165) is 6.07 Å². The van der Waals surface area contributed by atoms with Gasteiger partial charge in [-0.15, -0.1) is 0 Å². The molecule has 5 nitrogen and oxygen atoms in total. The van der Waals surface area contributed by atoms with Crippen LogP contribution < -0.4 is 10.6 Å². The van der Waals surface area contributed by atoms with E-state index in [4.69, 9.17) is 0 Å². The van der Waals surface area contributed by atoms with Crippen molar-refractivity contribution in [3.05, 3.63) is 29.8 Å². The smallest absolute Gasteiger partial charge is 0.325 e. The second-order valence-corrected chi connectivity index (χ2v) is 8.19. The van der Waals surface area contributed by atoms with E-state index in [1.54, 1.807) is 6.92 Å². The van der Waals surface area contributed by atoms with Gasteiger partial charge in [0.25, 0.3) is 0 Å². The standard InChI is InChI=1S/C15H19F3N2O3S/c1-10(19-11-6-7-24(22,23)9-11)8-14(21)20-13-5-3-2-4-12(13)15(16,17)18/h2-5,10-11,19H,6-9H2,1H3,(H,20,21). The summed E-state index contributed by atoms with van der Waals surface area (Å²) in [6.45, 7) is 1.69.